The van der Waals surface area contributed by atoms with Gasteiger partial charge in [0.15, 0.2) is 5.62 Å². The van der Waals surface area contributed by atoms with Crippen LogP contribution >= 0.6 is 11.8 Å². The molecule has 2 aromatic rings. The van der Waals surface area contributed by atoms with Crippen molar-refractivity contribution in [3.05, 3.63) is 42.5 Å². The van der Waals surface area contributed by atoms with Crippen LogP contribution in [0.15, 0.2) is 47.4 Å². The molecule has 0 radical (unpaired) electrons. The number of fused-ring (bicyclic) bond motifs is 1. The van der Waals surface area contributed by atoms with Crippen LogP contribution in [0.4, 0.5) is 0 Å². The highest BCUT2D eigenvalue weighted by molar-refractivity contribution is 8.12. The summed E-state index contributed by atoms with van der Waals surface area (Å²) >= 11 is 0.260. The molecule has 0 aromatic heterocycles. The third kappa shape index (κ3) is 1.58. The minimum absolute atomic E-state index is 0.260. The summed E-state index contributed by atoms with van der Waals surface area (Å²) in [4.78, 5) is 11.6. The fourth-order valence-electron chi connectivity index (χ4n) is 1.41. The van der Waals surface area contributed by atoms with Gasteiger partial charge in [0.1, 0.15) is 0 Å². The molecule has 13 heavy (non-hydrogen) atoms. The molecular formula is C11H10OS. The molecule has 66 valence electrons. The normalized spacial score (nSPS) is 11.7. The molecule has 0 atom stereocenters. The van der Waals surface area contributed by atoms with E-state index in [0.717, 1.165) is 10.5 Å². The molecule has 0 saturated heterocycles. The molecule has 0 N–H and O–H groups in total. The van der Waals surface area contributed by atoms with Gasteiger partial charge in [-0.05, 0) is 21.7 Å². The monoisotopic (exact) mass is 190 g/mol. The van der Waals surface area contributed by atoms with Crippen LogP contribution in [0.5, 0.6) is 0 Å². The lowest BCUT2D eigenvalue weighted by molar-refractivity contribution is 0.570. The van der Waals surface area contributed by atoms with E-state index in [-0.39, 0.29) is 11.8 Å². The van der Waals surface area contributed by atoms with E-state index < -0.39 is 0 Å². The number of carbonyl (C=O) groups is 1. The Bertz CT molecular complexity index is 432. The first-order chi connectivity index (χ1) is 6.42. The number of rotatable bonds is 2. The number of hydrogen-bond acceptors (Lipinski definition) is 1. The smallest absolute Gasteiger partial charge is 0.158 e. The number of hydrogen-bond donors (Lipinski definition) is 0. The molecule has 0 fully saturated rings. The summed E-state index contributed by atoms with van der Waals surface area (Å²) in [5.41, 5.74) is 0.974. The average Bonchev–Trinajstić information content (AvgIpc) is 2.19. The maximum Gasteiger partial charge on any atom is 0.158 e. The van der Waals surface area contributed by atoms with Crippen molar-refractivity contribution in [3.8, 4) is 0 Å². The van der Waals surface area contributed by atoms with Gasteiger partial charge < -0.3 is 0 Å². The maximum atomic E-state index is 10.4. The zero-order valence-electron chi connectivity index (χ0n) is 7.03. The molecule has 0 aliphatic rings. The summed E-state index contributed by atoms with van der Waals surface area (Å²) in [7, 11) is 0. The predicted molar refractivity (Wildman–Crippen MR) is 59.3 cm³/mol. The fourth-order valence-corrected chi connectivity index (χ4v) is 2.12. The van der Waals surface area contributed by atoms with Crippen LogP contribution < -0.4 is 0 Å². The first-order valence-corrected chi connectivity index (χ1v) is 5.17. The Morgan fingerprint density at radius 1 is 1.00 bits per heavy atom. The van der Waals surface area contributed by atoms with Gasteiger partial charge in [0.2, 0.25) is 0 Å². The molecule has 1 nitrogen and oxygen atoms in total. The molecule has 0 aliphatic heterocycles. The minimum atomic E-state index is 0.260. The van der Waals surface area contributed by atoms with Crippen LogP contribution in [0.2, 0.25) is 0 Å². The van der Waals surface area contributed by atoms with Crippen molar-refractivity contribution < 1.29 is 4.79 Å². The maximum absolute atomic E-state index is 10.4. The van der Waals surface area contributed by atoms with Crippen molar-refractivity contribution >= 4 is 28.2 Å². The van der Waals surface area contributed by atoms with E-state index in [1.807, 2.05) is 24.3 Å². The molecule has 0 saturated carbocycles. The van der Waals surface area contributed by atoms with Gasteiger partial charge in [0.25, 0.3) is 0 Å². The van der Waals surface area contributed by atoms with Crippen molar-refractivity contribution in [2.75, 3.05) is 0 Å². The Hall–Kier alpha value is -1.28. The molecule has 0 bridgehead atoms. The molecule has 0 heterocycles. The minimum Gasteiger partial charge on any atom is -0.293 e. The second-order valence-corrected chi connectivity index (χ2v) is 3.85. The van der Waals surface area contributed by atoms with Crippen LogP contribution in [-0.2, 0) is 4.79 Å². The van der Waals surface area contributed by atoms with E-state index in [1.54, 1.807) is 0 Å². The number of benzene rings is 2. The average molecular weight is 190 g/mol. The molecule has 0 aliphatic carbocycles. The van der Waals surface area contributed by atoms with E-state index in [4.69, 9.17) is 0 Å². The summed E-state index contributed by atoms with van der Waals surface area (Å²) in [6, 6.07) is 14.2. The summed E-state index contributed by atoms with van der Waals surface area (Å²) < 4.78 is 0. The van der Waals surface area contributed by atoms with Crippen molar-refractivity contribution in [2.24, 2.45) is 0 Å². The van der Waals surface area contributed by atoms with Crippen LogP contribution in [0.3, 0.4) is 0 Å². The molecular weight excluding hydrogens is 180 g/mol. The molecule has 2 rings (SSSR count). The van der Waals surface area contributed by atoms with Crippen LogP contribution in [0, 0.1) is 0 Å². The van der Waals surface area contributed by atoms with Gasteiger partial charge >= 0.3 is 0 Å². The first kappa shape index (κ1) is 8.32. The van der Waals surface area contributed by atoms with Gasteiger partial charge in [-0.2, -0.15) is 11.8 Å². The van der Waals surface area contributed by atoms with Crippen molar-refractivity contribution in [2.45, 2.75) is 4.90 Å². The van der Waals surface area contributed by atoms with Crippen LogP contribution in [-0.4, -0.2) is 5.62 Å². The summed E-state index contributed by atoms with van der Waals surface area (Å²) in [6.07, 6.45) is 0. The Kier molecular flexibility index (Phi) is 2.32. The highest BCUT2D eigenvalue weighted by Crippen LogP contribution is 2.25. The Morgan fingerprint density at radius 2 is 1.77 bits per heavy atom. The molecule has 0 unspecified atom stereocenters. The summed E-state index contributed by atoms with van der Waals surface area (Å²) in [6.45, 7) is 0. The fraction of sp³-hybridized carbons (Fsp3) is 0. The van der Waals surface area contributed by atoms with E-state index in [2.05, 4.69) is 18.2 Å². The van der Waals surface area contributed by atoms with Gasteiger partial charge in [-0.25, -0.2) is 0 Å². The standard InChI is InChI=1S/C11H10OS/c12-8-13-11-7-3-5-9-4-1-2-6-10(9)11/h1-8H,13H2. The SMILES string of the molecule is O=C[SH2]c1cccc2ccccc12. The highest BCUT2D eigenvalue weighted by atomic mass is 32.2. The lowest BCUT2D eigenvalue weighted by Gasteiger charge is -2.02. The quantitative estimate of drug-likeness (QED) is 0.665. The van der Waals surface area contributed by atoms with Crippen LogP contribution in [0.25, 0.3) is 10.8 Å². The van der Waals surface area contributed by atoms with E-state index in [9.17, 15) is 4.79 Å². The van der Waals surface area contributed by atoms with Gasteiger partial charge in [0, 0.05) is 0 Å². The highest BCUT2D eigenvalue weighted by Gasteiger charge is 1.96. The van der Waals surface area contributed by atoms with Gasteiger partial charge in [-0.1, -0.05) is 36.4 Å². The molecule has 2 aromatic carbocycles. The van der Waals surface area contributed by atoms with Gasteiger partial charge in [-0.3, -0.25) is 4.79 Å². The zero-order valence-corrected chi connectivity index (χ0v) is 8.03. The summed E-state index contributed by atoms with van der Waals surface area (Å²) in [5.74, 6) is 0. The summed E-state index contributed by atoms with van der Waals surface area (Å²) in [5, 5.41) is 2.39. The van der Waals surface area contributed by atoms with Gasteiger partial charge in [0.05, 0.1) is 0 Å². The third-order valence-electron chi connectivity index (χ3n) is 2.00. The van der Waals surface area contributed by atoms with E-state index >= 15 is 0 Å². The topological polar surface area (TPSA) is 17.1 Å². The third-order valence-corrected chi connectivity index (χ3v) is 2.87. The Labute approximate surface area is 80.8 Å². The lowest BCUT2D eigenvalue weighted by atomic mass is 10.1. The van der Waals surface area contributed by atoms with Crippen molar-refractivity contribution in [1.82, 2.24) is 0 Å². The van der Waals surface area contributed by atoms with Crippen molar-refractivity contribution in [1.29, 1.82) is 0 Å². The van der Waals surface area contributed by atoms with Crippen LogP contribution in [0.1, 0.15) is 0 Å². The lowest BCUT2D eigenvalue weighted by Crippen LogP contribution is -1.76. The second-order valence-electron chi connectivity index (χ2n) is 2.79. The zero-order chi connectivity index (χ0) is 9.10. The molecule has 0 amide bonds. The van der Waals surface area contributed by atoms with E-state index in [1.165, 1.54) is 10.8 Å². The molecule has 0 spiro atoms. The van der Waals surface area contributed by atoms with Gasteiger partial charge in [-0.15, -0.1) is 0 Å². The number of carbonyl (C=O) groups excluding carboxylic acids is 1. The Morgan fingerprint density at radius 3 is 2.62 bits per heavy atom. The second kappa shape index (κ2) is 3.62. The van der Waals surface area contributed by atoms with Crippen molar-refractivity contribution in [3.63, 3.8) is 0 Å². The van der Waals surface area contributed by atoms with E-state index in [0.29, 0.717) is 0 Å². The largest absolute Gasteiger partial charge is 0.293 e. The molecule has 2 heteroatoms. The first-order valence-electron chi connectivity index (χ1n) is 4.10. The predicted octanol–water partition coefficient (Wildman–Crippen LogP) is 2.59. The Balaban J connectivity index is 2.68.